The predicted octanol–water partition coefficient (Wildman–Crippen LogP) is 4.26. The molecule has 10 aliphatic rings. The van der Waals surface area contributed by atoms with Crippen LogP contribution >= 0.6 is 0 Å². The van der Waals surface area contributed by atoms with Crippen molar-refractivity contribution in [3.05, 3.63) is 106 Å². The maximum atomic E-state index is 2.43. The second-order valence-corrected chi connectivity index (χ2v) is 8.19. The summed E-state index contributed by atoms with van der Waals surface area (Å²) in [6, 6.07) is 29.0. The van der Waals surface area contributed by atoms with Crippen LogP contribution in [0, 0.1) is 5.92 Å². The molecule has 0 heteroatoms. The quantitative estimate of drug-likeness (QED) is 0.580. The molecule has 5 atom stereocenters. The topological polar surface area (TPSA) is 0 Å². The van der Waals surface area contributed by atoms with Gasteiger partial charge in [0.2, 0.25) is 0 Å². The molecule has 3 aromatic rings. The standard InChI is InChI=1S/C23H14/c1-3-14-4-2-13(1)19-22-17-9-5-15(6-10-17)21(14)16-7-11-18(12-8-16)23(19,22)20(21)22/h1-12,19-20H/t19?,20?,21?,22-,23?/m0/s1. The molecule has 10 aliphatic carbocycles. The highest BCUT2D eigenvalue weighted by atomic mass is 15.0. The summed E-state index contributed by atoms with van der Waals surface area (Å²) in [7, 11) is 0. The highest BCUT2D eigenvalue weighted by Crippen LogP contribution is 3.01. The Hall–Kier alpha value is -2.34. The van der Waals surface area contributed by atoms with Crippen LogP contribution in [-0.4, -0.2) is 0 Å². The Labute approximate surface area is 134 Å². The van der Waals surface area contributed by atoms with Gasteiger partial charge >= 0.3 is 0 Å². The molecule has 0 amide bonds. The molecule has 106 valence electrons. The Morgan fingerprint density at radius 3 is 1.35 bits per heavy atom. The summed E-state index contributed by atoms with van der Waals surface area (Å²) in [5.41, 5.74) is 10.0. The molecule has 23 heavy (non-hydrogen) atoms. The first kappa shape index (κ1) is 10.4. The number of fused-ring (bicyclic) bond motifs is 4. The van der Waals surface area contributed by atoms with E-state index in [1.54, 1.807) is 16.7 Å². The molecule has 0 nitrogen and oxygen atoms in total. The Morgan fingerprint density at radius 2 is 0.870 bits per heavy atom. The molecule has 0 saturated heterocycles. The molecule has 0 N–H and O–H groups in total. The molecule has 2 saturated carbocycles. The van der Waals surface area contributed by atoms with Gasteiger partial charge in [0.05, 0.1) is 0 Å². The summed E-state index contributed by atoms with van der Waals surface area (Å²) in [6.45, 7) is 0. The summed E-state index contributed by atoms with van der Waals surface area (Å²) in [5, 5.41) is 0. The van der Waals surface area contributed by atoms with Crippen molar-refractivity contribution >= 4 is 0 Å². The molecule has 0 aliphatic heterocycles. The smallest absolute Gasteiger partial charge is 0.0497 e. The van der Waals surface area contributed by atoms with E-state index in [4.69, 9.17) is 0 Å². The highest BCUT2D eigenvalue weighted by Gasteiger charge is 3.02. The Kier molecular flexibility index (Phi) is 1.16. The van der Waals surface area contributed by atoms with Gasteiger partial charge in [-0.15, -0.1) is 0 Å². The predicted molar refractivity (Wildman–Crippen MR) is 88.8 cm³/mol. The number of benzene rings is 3. The summed E-state index contributed by atoms with van der Waals surface area (Å²) in [5.74, 6) is 1.40. The average Bonchev–Trinajstić information content (AvgIpc) is 3.43. The molecule has 0 aromatic heterocycles. The minimum absolute atomic E-state index is 0.0615. The number of hydrogen-bond acceptors (Lipinski definition) is 0. The van der Waals surface area contributed by atoms with Crippen molar-refractivity contribution in [3.63, 3.8) is 0 Å². The monoisotopic (exact) mass is 290 g/mol. The summed E-state index contributed by atoms with van der Waals surface area (Å²) >= 11 is 0. The van der Waals surface area contributed by atoms with Crippen LogP contribution in [-0.2, 0) is 16.2 Å². The first-order chi connectivity index (χ1) is 11.4. The third-order valence-electron chi connectivity index (χ3n) is 8.11. The third-order valence-corrected chi connectivity index (χ3v) is 8.11. The summed E-state index contributed by atoms with van der Waals surface area (Å²) < 4.78 is 0. The largest absolute Gasteiger partial charge is 0.0584 e. The van der Waals surface area contributed by atoms with Gasteiger partial charge in [0, 0.05) is 22.2 Å². The third kappa shape index (κ3) is 0.656. The van der Waals surface area contributed by atoms with E-state index >= 15 is 0 Å². The van der Waals surface area contributed by atoms with Crippen LogP contribution in [0.15, 0.2) is 72.8 Å². The molecule has 4 unspecified atom stereocenters. The van der Waals surface area contributed by atoms with Gasteiger partial charge in [0.25, 0.3) is 0 Å². The Morgan fingerprint density at radius 1 is 0.478 bits per heavy atom. The fourth-order valence-electron chi connectivity index (χ4n) is 7.59. The van der Waals surface area contributed by atoms with Crippen molar-refractivity contribution in [2.45, 2.75) is 22.2 Å². The lowest BCUT2D eigenvalue weighted by Crippen LogP contribution is -2.39. The van der Waals surface area contributed by atoms with Gasteiger partial charge in [0.15, 0.2) is 0 Å². The molecular weight excluding hydrogens is 276 g/mol. The van der Waals surface area contributed by atoms with Gasteiger partial charge in [-0.25, -0.2) is 0 Å². The van der Waals surface area contributed by atoms with Gasteiger partial charge in [-0.3, -0.25) is 0 Å². The van der Waals surface area contributed by atoms with E-state index in [-0.39, 0.29) is 5.41 Å². The molecule has 2 fully saturated rings. The molecule has 2 spiro atoms. The van der Waals surface area contributed by atoms with Crippen molar-refractivity contribution in [1.82, 2.24) is 0 Å². The molecular formula is C23H14. The molecule has 13 rings (SSSR count). The fraction of sp³-hybridized carbons (Fsp3) is 0.217. The van der Waals surface area contributed by atoms with E-state index in [0.29, 0.717) is 16.7 Å². The molecule has 3 aromatic carbocycles. The summed E-state index contributed by atoms with van der Waals surface area (Å²) in [4.78, 5) is 0. The van der Waals surface area contributed by atoms with E-state index in [2.05, 4.69) is 72.8 Å². The zero-order valence-electron chi connectivity index (χ0n) is 12.6. The normalized spacial score (nSPS) is 43.3. The maximum Gasteiger partial charge on any atom is 0.0497 e. The van der Waals surface area contributed by atoms with Crippen LogP contribution in [0.1, 0.15) is 39.3 Å². The highest BCUT2D eigenvalue weighted by molar-refractivity contribution is 5.82. The second kappa shape index (κ2) is 2.57. The van der Waals surface area contributed by atoms with Crippen LogP contribution < -0.4 is 0 Å². The summed E-state index contributed by atoms with van der Waals surface area (Å²) in [6.07, 6.45) is 0. The zero-order chi connectivity index (χ0) is 14.6. The van der Waals surface area contributed by atoms with E-state index in [1.807, 2.05) is 0 Å². The van der Waals surface area contributed by atoms with E-state index in [0.717, 1.165) is 5.92 Å². The zero-order valence-corrected chi connectivity index (χ0v) is 12.6. The van der Waals surface area contributed by atoms with Gasteiger partial charge in [-0.1, -0.05) is 72.8 Å². The van der Waals surface area contributed by atoms with Gasteiger partial charge in [-0.2, -0.15) is 0 Å². The van der Waals surface area contributed by atoms with Crippen LogP contribution in [0.25, 0.3) is 0 Å². The van der Waals surface area contributed by atoms with Crippen LogP contribution in [0.2, 0.25) is 0 Å². The molecule has 11 bridgehead atoms. The van der Waals surface area contributed by atoms with E-state index in [9.17, 15) is 0 Å². The van der Waals surface area contributed by atoms with Gasteiger partial charge in [-0.05, 0) is 39.3 Å². The van der Waals surface area contributed by atoms with Crippen LogP contribution in [0.5, 0.6) is 0 Å². The Balaban J connectivity index is 1.74. The van der Waals surface area contributed by atoms with Crippen molar-refractivity contribution in [3.8, 4) is 0 Å². The average molecular weight is 290 g/mol. The van der Waals surface area contributed by atoms with Crippen molar-refractivity contribution < 1.29 is 0 Å². The van der Waals surface area contributed by atoms with Crippen molar-refractivity contribution in [1.29, 1.82) is 0 Å². The lowest BCUT2D eigenvalue weighted by atomic mass is 9.59. The lowest BCUT2D eigenvalue weighted by molar-refractivity contribution is 0.371. The minimum atomic E-state index is 0.0615. The first-order valence-corrected chi connectivity index (χ1v) is 8.70. The number of hydrogen-bond donors (Lipinski definition) is 0. The van der Waals surface area contributed by atoms with Crippen molar-refractivity contribution in [2.24, 2.45) is 5.92 Å². The van der Waals surface area contributed by atoms with Crippen molar-refractivity contribution in [2.75, 3.05) is 0 Å². The minimum Gasteiger partial charge on any atom is -0.0584 e. The maximum absolute atomic E-state index is 2.43. The van der Waals surface area contributed by atoms with E-state index < -0.39 is 0 Å². The fourth-order valence-corrected chi connectivity index (χ4v) is 7.59. The molecule has 0 radical (unpaired) electrons. The van der Waals surface area contributed by atoms with Gasteiger partial charge < -0.3 is 0 Å². The Bertz CT molecular complexity index is 993. The van der Waals surface area contributed by atoms with E-state index in [1.165, 1.54) is 16.7 Å². The lowest BCUT2D eigenvalue weighted by Gasteiger charge is -2.42. The van der Waals surface area contributed by atoms with Crippen LogP contribution in [0.3, 0.4) is 0 Å². The molecule has 0 heterocycles. The number of rotatable bonds is 0. The van der Waals surface area contributed by atoms with Gasteiger partial charge in [0.1, 0.15) is 0 Å². The second-order valence-electron chi connectivity index (χ2n) is 8.19. The van der Waals surface area contributed by atoms with Crippen LogP contribution in [0.4, 0.5) is 0 Å². The SMILES string of the molecule is c1cc2ccc1C1C34c5ccc(cc5)C25c2ccc(cc2)[C@@]13C54. The first-order valence-electron chi connectivity index (χ1n) is 8.70.